The minimum atomic E-state index is 0.0630. The third-order valence-corrected chi connectivity index (χ3v) is 5.49. The topological polar surface area (TPSA) is 68.7 Å². The van der Waals surface area contributed by atoms with E-state index in [0.717, 1.165) is 22.4 Å². The van der Waals surface area contributed by atoms with Gasteiger partial charge in [-0.15, -0.1) is 0 Å². The highest BCUT2D eigenvalue weighted by Crippen LogP contribution is 2.24. The normalized spacial score (nSPS) is 10.6. The zero-order chi connectivity index (χ0) is 23.6. The maximum atomic E-state index is 12.6. The highest BCUT2D eigenvalue weighted by atomic mass is 16.5. The first kappa shape index (κ1) is 24.1. The van der Waals surface area contributed by atoms with Crippen LogP contribution in [0.25, 0.3) is 11.1 Å². The largest absolute Gasteiger partial charge is 0.481 e. The van der Waals surface area contributed by atoms with Crippen LogP contribution < -0.4 is 9.64 Å². The Bertz CT molecular complexity index is 1040. The van der Waals surface area contributed by atoms with Gasteiger partial charge in [0.25, 0.3) is 0 Å². The molecule has 0 radical (unpaired) electrons. The van der Waals surface area contributed by atoms with Crippen molar-refractivity contribution in [1.82, 2.24) is 4.98 Å². The summed E-state index contributed by atoms with van der Waals surface area (Å²) in [5.74, 6) is 0.723. The Morgan fingerprint density at radius 3 is 2.12 bits per heavy atom. The minimum absolute atomic E-state index is 0.0630. The maximum absolute atomic E-state index is 12.6. The Hall–Kier alpha value is -3.51. The van der Waals surface area contributed by atoms with Crippen molar-refractivity contribution in [3.05, 3.63) is 78.0 Å². The zero-order valence-electron chi connectivity index (χ0n) is 19.4. The average Bonchev–Trinajstić information content (AvgIpc) is 2.88. The van der Waals surface area contributed by atoms with E-state index < -0.39 is 0 Å². The quantitative estimate of drug-likeness (QED) is 0.389. The Balaban J connectivity index is 1.63. The molecule has 0 spiro atoms. The molecule has 0 aliphatic rings. The number of hydrogen-bond acceptors (Lipinski definition) is 5. The first-order chi connectivity index (χ1) is 16.0. The lowest BCUT2D eigenvalue weighted by Crippen LogP contribution is -2.33. The second-order valence-corrected chi connectivity index (χ2v) is 7.65. The van der Waals surface area contributed by atoms with Crippen molar-refractivity contribution in [1.29, 1.82) is 0 Å². The van der Waals surface area contributed by atoms with Gasteiger partial charge >= 0.3 is 0 Å². The van der Waals surface area contributed by atoms with Crippen molar-refractivity contribution in [2.75, 3.05) is 32.3 Å². The minimum Gasteiger partial charge on any atom is -0.481 e. The van der Waals surface area contributed by atoms with Crippen LogP contribution in [0.15, 0.2) is 66.9 Å². The average molecular weight is 447 g/mol. The van der Waals surface area contributed by atoms with Crippen molar-refractivity contribution < 1.29 is 19.1 Å². The van der Waals surface area contributed by atoms with E-state index in [4.69, 9.17) is 9.47 Å². The van der Waals surface area contributed by atoms with Crippen molar-refractivity contribution in [2.45, 2.75) is 26.2 Å². The SMILES string of the molecule is CCC(=O)N(CCOC)c1ccc(-c2ccc(C(=O)CCc3ccc(OC)nc3)cc2)cc1. The lowest BCUT2D eigenvalue weighted by atomic mass is 9.99. The van der Waals surface area contributed by atoms with Crippen molar-refractivity contribution in [2.24, 2.45) is 0 Å². The van der Waals surface area contributed by atoms with Crippen molar-refractivity contribution in [3.63, 3.8) is 0 Å². The van der Waals surface area contributed by atoms with Crippen LogP contribution in [0.5, 0.6) is 5.88 Å². The molecule has 0 saturated heterocycles. The van der Waals surface area contributed by atoms with Crippen molar-refractivity contribution in [3.8, 4) is 17.0 Å². The van der Waals surface area contributed by atoms with Gasteiger partial charge < -0.3 is 14.4 Å². The summed E-state index contributed by atoms with van der Waals surface area (Å²) in [5.41, 5.74) is 4.58. The Labute approximate surface area is 195 Å². The van der Waals surface area contributed by atoms with Gasteiger partial charge in [0, 0.05) is 50.0 Å². The van der Waals surface area contributed by atoms with Gasteiger partial charge in [0.05, 0.1) is 13.7 Å². The molecule has 0 N–H and O–H groups in total. The number of amides is 1. The Morgan fingerprint density at radius 2 is 1.58 bits per heavy atom. The van der Waals surface area contributed by atoms with Crippen LogP contribution in [0.2, 0.25) is 0 Å². The molecule has 3 rings (SSSR count). The van der Waals surface area contributed by atoms with Gasteiger partial charge in [-0.25, -0.2) is 4.98 Å². The first-order valence-electron chi connectivity index (χ1n) is 11.1. The second-order valence-electron chi connectivity index (χ2n) is 7.65. The number of Topliss-reactive ketones (excluding diaryl/α,β-unsaturated/α-hetero) is 1. The Morgan fingerprint density at radius 1 is 0.909 bits per heavy atom. The number of benzene rings is 2. The molecular formula is C27H30N2O4. The number of methoxy groups -OCH3 is 2. The molecular weight excluding hydrogens is 416 g/mol. The molecule has 0 aliphatic carbocycles. The molecule has 3 aromatic rings. The molecule has 0 atom stereocenters. The Kier molecular flexibility index (Phi) is 8.72. The number of rotatable bonds is 11. The summed E-state index contributed by atoms with van der Waals surface area (Å²) in [5, 5.41) is 0. The van der Waals surface area contributed by atoms with E-state index in [1.54, 1.807) is 31.4 Å². The summed E-state index contributed by atoms with van der Waals surface area (Å²) in [6.07, 6.45) is 3.24. The molecule has 2 aromatic carbocycles. The highest BCUT2D eigenvalue weighted by molar-refractivity contribution is 5.96. The number of aryl methyl sites for hydroxylation is 1. The van der Waals surface area contributed by atoms with E-state index in [-0.39, 0.29) is 11.7 Å². The van der Waals surface area contributed by atoms with Gasteiger partial charge in [0.2, 0.25) is 11.8 Å². The number of nitrogens with zero attached hydrogens (tertiary/aromatic N) is 2. The molecule has 6 heteroatoms. The van der Waals surface area contributed by atoms with Crippen LogP contribution >= 0.6 is 0 Å². The molecule has 0 unspecified atom stereocenters. The molecule has 0 fully saturated rings. The van der Waals surface area contributed by atoms with E-state index in [9.17, 15) is 9.59 Å². The van der Waals surface area contributed by atoms with Crippen LogP contribution in [0, 0.1) is 0 Å². The third-order valence-electron chi connectivity index (χ3n) is 5.49. The van der Waals surface area contributed by atoms with Gasteiger partial charge in [-0.1, -0.05) is 49.4 Å². The molecule has 0 saturated carbocycles. The lowest BCUT2D eigenvalue weighted by molar-refractivity contribution is -0.118. The number of hydrogen-bond donors (Lipinski definition) is 0. The van der Waals surface area contributed by atoms with Crippen LogP contribution in [-0.4, -0.2) is 44.0 Å². The summed E-state index contributed by atoms with van der Waals surface area (Å²) in [7, 11) is 3.21. The molecule has 1 amide bonds. The fourth-order valence-electron chi connectivity index (χ4n) is 3.54. The smallest absolute Gasteiger partial charge is 0.226 e. The fourth-order valence-corrected chi connectivity index (χ4v) is 3.54. The number of ketones is 1. The molecule has 0 aliphatic heterocycles. The fraction of sp³-hybridized carbons (Fsp3) is 0.296. The predicted octanol–water partition coefficient (Wildman–Crippen LogP) is 4.96. The molecule has 1 aromatic heterocycles. The van der Waals surface area contributed by atoms with Crippen LogP contribution in [0.3, 0.4) is 0 Å². The molecule has 1 heterocycles. The van der Waals surface area contributed by atoms with Gasteiger partial charge in [-0.2, -0.15) is 0 Å². The van der Waals surface area contributed by atoms with E-state index in [1.807, 2.05) is 61.5 Å². The second kappa shape index (κ2) is 11.9. The lowest BCUT2D eigenvalue weighted by Gasteiger charge is -2.22. The summed E-state index contributed by atoms with van der Waals surface area (Å²) in [6.45, 7) is 2.86. The van der Waals surface area contributed by atoms with Gasteiger partial charge in [-0.3, -0.25) is 9.59 Å². The van der Waals surface area contributed by atoms with E-state index in [2.05, 4.69) is 4.98 Å². The standard InChI is InChI=1S/C27H30N2O4/c1-4-27(31)29(17-18-32-2)24-13-11-22(12-14-24)21-7-9-23(10-8-21)25(30)15-5-20-6-16-26(33-3)28-19-20/h6-14,16,19H,4-5,15,17-18H2,1-3H3. The highest BCUT2D eigenvalue weighted by Gasteiger charge is 2.14. The summed E-state index contributed by atoms with van der Waals surface area (Å²) in [4.78, 5) is 30.8. The molecule has 6 nitrogen and oxygen atoms in total. The van der Waals surface area contributed by atoms with Crippen LogP contribution in [-0.2, 0) is 16.0 Å². The monoisotopic (exact) mass is 446 g/mol. The van der Waals surface area contributed by atoms with Crippen molar-refractivity contribution >= 4 is 17.4 Å². The van der Waals surface area contributed by atoms with E-state index >= 15 is 0 Å². The van der Waals surface area contributed by atoms with Gasteiger partial charge in [0.15, 0.2) is 5.78 Å². The summed E-state index contributed by atoms with van der Waals surface area (Å²) in [6, 6.07) is 19.2. The van der Waals surface area contributed by atoms with Gasteiger partial charge in [0.1, 0.15) is 0 Å². The molecule has 0 bridgehead atoms. The number of carbonyl (C=O) groups excluding carboxylic acids is 2. The third kappa shape index (κ3) is 6.49. The number of anilines is 1. The van der Waals surface area contributed by atoms with Gasteiger partial charge in [-0.05, 0) is 35.2 Å². The van der Waals surface area contributed by atoms with Crippen LogP contribution in [0.1, 0.15) is 35.7 Å². The zero-order valence-corrected chi connectivity index (χ0v) is 19.4. The summed E-state index contributed by atoms with van der Waals surface area (Å²) >= 11 is 0. The summed E-state index contributed by atoms with van der Waals surface area (Å²) < 4.78 is 10.2. The van der Waals surface area contributed by atoms with Crippen LogP contribution in [0.4, 0.5) is 5.69 Å². The molecule has 172 valence electrons. The van der Waals surface area contributed by atoms with E-state index in [0.29, 0.717) is 43.9 Å². The predicted molar refractivity (Wildman–Crippen MR) is 130 cm³/mol. The number of ether oxygens (including phenoxy) is 2. The number of carbonyl (C=O) groups is 2. The molecule has 33 heavy (non-hydrogen) atoms. The number of pyridine rings is 1. The number of aromatic nitrogens is 1. The maximum Gasteiger partial charge on any atom is 0.226 e. The first-order valence-corrected chi connectivity index (χ1v) is 11.1. The van der Waals surface area contributed by atoms with E-state index in [1.165, 1.54) is 0 Å².